The summed E-state index contributed by atoms with van der Waals surface area (Å²) in [6, 6.07) is 2.50. The molecule has 5 aliphatic rings. The van der Waals surface area contributed by atoms with Gasteiger partial charge in [0.05, 0.1) is 36.1 Å². The molecule has 2 N–H and O–H groups in total. The topological polar surface area (TPSA) is 159 Å². The fraction of sp³-hybridized carbons (Fsp3) is 0.618. The van der Waals surface area contributed by atoms with E-state index in [4.69, 9.17) is 39.6 Å². The van der Waals surface area contributed by atoms with Crippen LogP contribution in [0.25, 0.3) is 22.7 Å². The highest BCUT2D eigenvalue weighted by atomic mass is 32.1. The van der Waals surface area contributed by atoms with E-state index in [1.165, 1.54) is 16.2 Å². The van der Waals surface area contributed by atoms with Gasteiger partial charge in [-0.25, -0.2) is 9.78 Å². The van der Waals surface area contributed by atoms with Crippen LogP contribution in [-0.2, 0) is 40.3 Å². The Morgan fingerprint density at radius 2 is 2.02 bits per heavy atom. The normalized spacial score (nSPS) is 29.9. The summed E-state index contributed by atoms with van der Waals surface area (Å²) in [6.45, 7) is 3.96. The highest BCUT2D eigenvalue weighted by Gasteiger charge is 2.62. The second kappa shape index (κ2) is 10.6. The number of likely N-dealkylation sites (tertiary alicyclic amines) is 1. The molecule has 0 amide bonds. The van der Waals surface area contributed by atoms with Gasteiger partial charge in [0, 0.05) is 48.5 Å². The summed E-state index contributed by atoms with van der Waals surface area (Å²) in [5.74, 6) is 1.45. The third-order valence-corrected chi connectivity index (χ3v) is 13.1. The third-order valence-electron chi connectivity index (χ3n) is 12.0. The molecule has 6 heterocycles. The second-order valence-corrected chi connectivity index (χ2v) is 15.7. The molecule has 4 aromatic heterocycles. The molecule has 9 rings (SSSR count). The van der Waals surface area contributed by atoms with E-state index in [2.05, 4.69) is 18.0 Å². The van der Waals surface area contributed by atoms with Crippen LogP contribution in [-0.4, -0.2) is 81.3 Å². The molecule has 3 fully saturated rings. The lowest BCUT2D eigenvalue weighted by atomic mass is 9.62. The van der Waals surface area contributed by atoms with E-state index >= 15 is 0 Å². The van der Waals surface area contributed by atoms with Gasteiger partial charge in [0.2, 0.25) is 17.5 Å². The quantitative estimate of drug-likeness (QED) is 0.320. The van der Waals surface area contributed by atoms with E-state index in [1.807, 2.05) is 11.5 Å². The summed E-state index contributed by atoms with van der Waals surface area (Å²) in [4.78, 5) is 27.6. The number of aromatic nitrogens is 5. The van der Waals surface area contributed by atoms with Gasteiger partial charge in [0.25, 0.3) is 0 Å². The highest BCUT2D eigenvalue weighted by molar-refractivity contribution is 7.16. The van der Waals surface area contributed by atoms with E-state index in [0.717, 1.165) is 74.7 Å². The summed E-state index contributed by atoms with van der Waals surface area (Å²) in [7, 11) is 5.58. The molecule has 2 saturated heterocycles. The number of likely N-dealkylation sites (N-methyl/N-ethyl adjacent to an activating group) is 1. The maximum Gasteiger partial charge on any atom is 0.330 e. The number of ether oxygens (including phenoxy) is 3. The number of hydrogen-bond acceptors (Lipinski definition) is 12. The molecule has 1 saturated carbocycles. The number of fused-ring (bicyclic) bond motifs is 6. The number of anilines is 1. The van der Waals surface area contributed by atoms with Crippen molar-refractivity contribution in [1.82, 2.24) is 29.2 Å². The predicted molar refractivity (Wildman–Crippen MR) is 177 cm³/mol. The van der Waals surface area contributed by atoms with E-state index in [0.29, 0.717) is 52.4 Å². The molecule has 4 aromatic rings. The maximum absolute atomic E-state index is 14.0. The van der Waals surface area contributed by atoms with Crippen molar-refractivity contribution < 1.29 is 18.7 Å². The average molecular weight is 673 g/mol. The first-order valence-electron chi connectivity index (χ1n) is 17.0. The summed E-state index contributed by atoms with van der Waals surface area (Å²) in [6.07, 6.45) is 6.85. The van der Waals surface area contributed by atoms with Crippen molar-refractivity contribution in [2.45, 2.75) is 87.5 Å². The number of imidazole rings is 1. The Bertz CT molecular complexity index is 2070. The molecule has 13 nitrogen and oxygen atoms in total. The molecule has 48 heavy (non-hydrogen) atoms. The van der Waals surface area contributed by atoms with Crippen LogP contribution in [0.15, 0.2) is 9.32 Å². The molecule has 0 unspecified atom stereocenters. The van der Waals surface area contributed by atoms with Gasteiger partial charge in [-0.2, -0.15) is 10.2 Å². The molecular formula is C34H40N8O5S. The summed E-state index contributed by atoms with van der Waals surface area (Å²) in [5, 5.41) is 15.5. The van der Waals surface area contributed by atoms with Gasteiger partial charge >= 0.3 is 5.69 Å². The molecule has 14 heteroatoms. The largest absolute Gasteiger partial charge is 0.471 e. The Morgan fingerprint density at radius 1 is 1.21 bits per heavy atom. The SMILES string of the molecule is CO[C@@H]1C[C@@H]([C@H](C)Oc2nc(-c3onc4c3CCC[C@@]43CCCc4sc(N)c(C#N)c43)nc3c2n(C)c(=O)n3[C@@]23COC[C@@H]2C3)N(C)C1. The molecule has 0 radical (unpaired) electrons. The first kappa shape index (κ1) is 30.3. The number of aryl methyl sites for hydroxylation is 2. The molecule has 3 aliphatic carbocycles. The first-order chi connectivity index (χ1) is 23.2. The van der Waals surface area contributed by atoms with Crippen LogP contribution in [0.5, 0.6) is 5.88 Å². The lowest BCUT2D eigenvalue weighted by Crippen LogP contribution is -2.38. The van der Waals surface area contributed by atoms with Gasteiger partial charge in [0.15, 0.2) is 11.2 Å². The van der Waals surface area contributed by atoms with Crippen molar-refractivity contribution in [3.05, 3.63) is 37.7 Å². The fourth-order valence-corrected chi connectivity index (χ4v) is 10.6. The monoisotopic (exact) mass is 672 g/mol. The molecule has 2 aliphatic heterocycles. The van der Waals surface area contributed by atoms with Crippen LogP contribution in [0.1, 0.15) is 72.7 Å². The first-order valence-corrected chi connectivity index (χ1v) is 17.8. The van der Waals surface area contributed by atoms with Gasteiger partial charge in [-0.15, -0.1) is 11.3 Å². The lowest BCUT2D eigenvalue weighted by molar-refractivity contribution is 0.108. The standard InChI is InChI=1S/C34H40N8O5S/c1-17(22-11-19(44-4)14-40(22)2)46-31-25-30(42(32(43)41(25)3)34-12-18(34)15-45-16-34)37-29(38-31)26-20-7-5-9-33(27(20)39-47-26)10-6-8-23-24(33)21(13-35)28(36)48-23/h17-19,22H,5-12,14-16,36H2,1-4H3/t17-,18-,19+,22-,33-,34-/m0/s1. The predicted octanol–water partition coefficient (Wildman–Crippen LogP) is 3.49. The number of methoxy groups -OCH3 is 1. The molecule has 6 atom stereocenters. The van der Waals surface area contributed by atoms with Crippen molar-refractivity contribution in [3.63, 3.8) is 0 Å². The average Bonchev–Trinajstić information content (AvgIpc) is 3.62. The molecule has 0 bridgehead atoms. The zero-order valence-electron chi connectivity index (χ0n) is 27.7. The number of nitrogen functional groups attached to an aromatic ring is 1. The van der Waals surface area contributed by atoms with E-state index in [9.17, 15) is 10.1 Å². The van der Waals surface area contributed by atoms with E-state index < -0.39 is 11.0 Å². The number of thiophene rings is 1. The van der Waals surface area contributed by atoms with Gasteiger partial charge in [0.1, 0.15) is 17.2 Å². The van der Waals surface area contributed by atoms with Crippen molar-refractivity contribution >= 4 is 27.5 Å². The van der Waals surface area contributed by atoms with Crippen molar-refractivity contribution in [2.24, 2.45) is 13.0 Å². The number of nitrogens with zero attached hydrogens (tertiary/aromatic N) is 7. The lowest BCUT2D eigenvalue weighted by Gasteiger charge is -2.39. The number of nitrogens with two attached hydrogens (primary N) is 1. The number of nitriles is 1. The van der Waals surface area contributed by atoms with E-state index in [-0.39, 0.29) is 29.9 Å². The minimum absolute atomic E-state index is 0.0999. The molecular weight excluding hydrogens is 632 g/mol. The minimum atomic E-state index is -0.443. The van der Waals surface area contributed by atoms with Crippen LogP contribution < -0.4 is 16.2 Å². The summed E-state index contributed by atoms with van der Waals surface area (Å²) < 4.78 is 27.9. The Labute approximate surface area is 281 Å². The number of hydrogen-bond donors (Lipinski definition) is 1. The Balaban J connectivity index is 1.21. The Hall–Kier alpha value is -3.77. The van der Waals surface area contributed by atoms with Gasteiger partial charge in [-0.3, -0.25) is 14.0 Å². The van der Waals surface area contributed by atoms with Gasteiger partial charge in [-0.05, 0) is 70.9 Å². The van der Waals surface area contributed by atoms with E-state index in [1.54, 1.807) is 18.7 Å². The Kier molecular flexibility index (Phi) is 6.70. The van der Waals surface area contributed by atoms with Crippen molar-refractivity contribution in [3.8, 4) is 23.5 Å². The van der Waals surface area contributed by atoms with Crippen LogP contribution in [0.4, 0.5) is 5.00 Å². The van der Waals surface area contributed by atoms with Crippen LogP contribution in [0.3, 0.4) is 0 Å². The fourth-order valence-electron chi connectivity index (χ4n) is 9.46. The zero-order chi connectivity index (χ0) is 33.1. The summed E-state index contributed by atoms with van der Waals surface area (Å²) in [5.41, 5.74) is 9.85. The molecule has 252 valence electrons. The van der Waals surface area contributed by atoms with Crippen LogP contribution in [0, 0.1) is 17.2 Å². The minimum Gasteiger partial charge on any atom is -0.471 e. The van der Waals surface area contributed by atoms with Gasteiger partial charge in [-0.1, -0.05) is 5.16 Å². The van der Waals surface area contributed by atoms with Crippen LogP contribution >= 0.6 is 11.3 Å². The summed E-state index contributed by atoms with van der Waals surface area (Å²) >= 11 is 1.53. The molecule has 0 aromatic carbocycles. The van der Waals surface area contributed by atoms with Crippen molar-refractivity contribution in [1.29, 1.82) is 5.26 Å². The third kappa shape index (κ3) is 4.04. The van der Waals surface area contributed by atoms with Crippen molar-refractivity contribution in [2.75, 3.05) is 39.6 Å². The zero-order valence-corrected chi connectivity index (χ0v) is 28.6. The molecule has 1 spiro atoms. The van der Waals surface area contributed by atoms with Crippen LogP contribution in [0.2, 0.25) is 0 Å². The second-order valence-electron chi connectivity index (χ2n) is 14.5. The van der Waals surface area contributed by atoms with Gasteiger partial charge < -0.3 is 24.5 Å². The smallest absolute Gasteiger partial charge is 0.330 e. The maximum atomic E-state index is 14.0. The Morgan fingerprint density at radius 3 is 2.73 bits per heavy atom. The highest BCUT2D eigenvalue weighted by Crippen LogP contribution is 2.56. The number of rotatable bonds is 6.